The Balaban J connectivity index is 2.44. The maximum atomic E-state index is 6.04. The molecule has 0 saturated carbocycles. The van der Waals surface area contributed by atoms with E-state index in [9.17, 15) is 0 Å². The summed E-state index contributed by atoms with van der Waals surface area (Å²) < 4.78 is 4.30. The maximum absolute atomic E-state index is 6.04. The zero-order chi connectivity index (χ0) is 9.97. The summed E-state index contributed by atoms with van der Waals surface area (Å²) in [5.74, 6) is 0. The van der Waals surface area contributed by atoms with Gasteiger partial charge in [-0.25, -0.2) is 0 Å². The Morgan fingerprint density at radius 1 is 1.36 bits per heavy atom. The maximum Gasteiger partial charge on any atom is 0.0858 e. The molecule has 0 saturated heterocycles. The Labute approximate surface area is 91.5 Å². The molecule has 2 nitrogen and oxygen atoms in total. The molecule has 1 aromatic heterocycles. The third-order valence-electron chi connectivity index (χ3n) is 1.91. The molecular formula is C10H9ClN2S. The fourth-order valence-corrected chi connectivity index (χ4v) is 2.04. The molecule has 4 heteroatoms. The van der Waals surface area contributed by atoms with Gasteiger partial charge in [0.15, 0.2) is 0 Å². The van der Waals surface area contributed by atoms with Crippen molar-refractivity contribution in [2.45, 2.75) is 6.54 Å². The molecule has 0 atom stereocenters. The van der Waals surface area contributed by atoms with Crippen molar-refractivity contribution in [3.8, 4) is 11.3 Å². The van der Waals surface area contributed by atoms with Crippen LogP contribution >= 0.6 is 23.1 Å². The molecule has 0 aliphatic rings. The summed E-state index contributed by atoms with van der Waals surface area (Å²) in [6.45, 7) is 0.530. The Kier molecular flexibility index (Phi) is 2.82. The van der Waals surface area contributed by atoms with E-state index in [2.05, 4.69) is 4.37 Å². The van der Waals surface area contributed by atoms with Gasteiger partial charge < -0.3 is 5.73 Å². The van der Waals surface area contributed by atoms with Gasteiger partial charge in [0, 0.05) is 22.0 Å². The van der Waals surface area contributed by atoms with Gasteiger partial charge in [0.05, 0.1) is 5.69 Å². The van der Waals surface area contributed by atoms with E-state index < -0.39 is 0 Å². The van der Waals surface area contributed by atoms with E-state index in [1.165, 1.54) is 11.5 Å². The zero-order valence-electron chi connectivity index (χ0n) is 7.40. The molecule has 0 fully saturated rings. The lowest BCUT2D eigenvalue weighted by Crippen LogP contribution is -1.91. The Bertz CT molecular complexity index is 439. The molecular weight excluding hydrogens is 216 g/mol. The molecule has 2 aromatic rings. The SMILES string of the molecule is NCc1cc(-c2ccccc2Cl)ns1. The number of nitrogens with two attached hydrogens (primary N) is 1. The molecule has 72 valence electrons. The third-order valence-corrected chi connectivity index (χ3v) is 3.05. The molecule has 2 rings (SSSR count). The van der Waals surface area contributed by atoms with Crippen molar-refractivity contribution < 1.29 is 0 Å². The van der Waals surface area contributed by atoms with Gasteiger partial charge in [-0.1, -0.05) is 29.8 Å². The molecule has 14 heavy (non-hydrogen) atoms. The summed E-state index contributed by atoms with van der Waals surface area (Å²) in [5, 5.41) is 0.723. The van der Waals surface area contributed by atoms with Gasteiger partial charge in [0.2, 0.25) is 0 Å². The number of nitrogens with zero attached hydrogens (tertiary/aromatic N) is 1. The lowest BCUT2D eigenvalue weighted by Gasteiger charge is -1.97. The number of aromatic nitrogens is 1. The van der Waals surface area contributed by atoms with Crippen molar-refractivity contribution >= 4 is 23.1 Å². The molecule has 2 N–H and O–H groups in total. The molecule has 1 aromatic carbocycles. The average molecular weight is 225 g/mol. The quantitative estimate of drug-likeness (QED) is 0.852. The van der Waals surface area contributed by atoms with Crippen LogP contribution in [0.2, 0.25) is 5.02 Å². The standard InChI is InChI=1S/C10H9ClN2S/c11-9-4-2-1-3-8(9)10-5-7(6-12)14-13-10/h1-5H,6,12H2. The first-order valence-corrected chi connectivity index (χ1v) is 5.37. The molecule has 1 heterocycles. The smallest absolute Gasteiger partial charge is 0.0858 e. The summed E-state index contributed by atoms with van der Waals surface area (Å²) in [7, 11) is 0. The minimum Gasteiger partial charge on any atom is -0.326 e. The van der Waals surface area contributed by atoms with Crippen molar-refractivity contribution in [3.05, 3.63) is 40.2 Å². The van der Waals surface area contributed by atoms with Gasteiger partial charge in [-0.3, -0.25) is 0 Å². The number of benzene rings is 1. The topological polar surface area (TPSA) is 38.9 Å². The Morgan fingerprint density at radius 3 is 2.79 bits per heavy atom. The van der Waals surface area contributed by atoms with Crippen LogP contribution in [0.4, 0.5) is 0 Å². The van der Waals surface area contributed by atoms with E-state index in [0.717, 1.165) is 21.2 Å². The Hall–Kier alpha value is -0.900. The van der Waals surface area contributed by atoms with E-state index in [1.54, 1.807) is 0 Å². The lowest BCUT2D eigenvalue weighted by molar-refractivity contribution is 1.11. The van der Waals surface area contributed by atoms with Crippen molar-refractivity contribution in [2.24, 2.45) is 5.73 Å². The normalized spacial score (nSPS) is 10.4. The second-order valence-electron chi connectivity index (χ2n) is 2.86. The second-order valence-corrected chi connectivity index (χ2v) is 4.16. The van der Waals surface area contributed by atoms with Gasteiger partial charge in [0.25, 0.3) is 0 Å². The molecule has 0 radical (unpaired) electrons. The van der Waals surface area contributed by atoms with Crippen LogP contribution in [-0.4, -0.2) is 4.37 Å². The predicted molar refractivity (Wildman–Crippen MR) is 60.5 cm³/mol. The van der Waals surface area contributed by atoms with Crippen LogP contribution in [0.5, 0.6) is 0 Å². The number of rotatable bonds is 2. The summed E-state index contributed by atoms with van der Waals surface area (Å²) >= 11 is 7.46. The number of hydrogen-bond acceptors (Lipinski definition) is 3. The Morgan fingerprint density at radius 2 is 2.14 bits per heavy atom. The lowest BCUT2D eigenvalue weighted by atomic mass is 10.1. The van der Waals surface area contributed by atoms with Crippen LogP contribution in [0.15, 0.2) is 30.3 Å². The van der Waals surface area contributed by atoms with Crippen LogP contribution in [0.3, 0.4) is 0 Å². The van der Waals surface area contributed by atoms with Crippen LogP contribution in [0.25, 0.3) is 11.3 Å². The van der Waals surface area contributed by atoms with E-state index in [-0.39, 0.29) is 0 Å². The minimum absolute atomic E-state index is 0.530. The van der Waals surface area contributed by atoms with Crippen molar-refractivity contribution in [3.63, 3.8) is 0 Å². The summed E-state index contributed by atoms with van der Waals surface area (Å²) in [5.41, 5.74) is 7.38. The molecule has 0 amide bonds. The first-order valence-electron chi connectivity index (χ1n) is 4.22. The van der Waals surface area contributed by atoms with Crippen LogP contribution < -0.4 is 5.73 Å². The van der Waals surface area contributed by atoms with Crippen molar-refractivity contribution in [1.29, 1.82) is 0 Å². The summed E-state index contributed by atoms with van der Waals surface area (Å²) in [6, 6.07) is 9.65. The highest BCUT2D eigenvalue weighted by molar-refractivity contribution is 7.06. The molecule has 0 bridgehead atoms. The van der Waals surface area contributed by atoms with Gasteiger partial charge in [-0.05, 0) is 23.7 Å². The van der Waals surface area contributed by atoms with Crippen LogP contribution in [-0.2, 0) is 6.54 Å². The van der Waals surface area contributed by atoms with E-state index >= 15 is 0 Å². The highest BCUT2D eigenvalue weighted by atomic mass is 35.5. The van der Waals surface area contributed by atoms with Crippen LogP contribution in [0, 0.1) is 0 Å². The first kappa shape index (κ1) is 9.65. The minimum atomic E-state index is 0.530. The van der Waals surface area contributed by atoms with E-state index in [0.29, 0.717) is 6.54 Å². The molecule has 0 spiro atoms. The molecule has 0 unspecified atom stereocenters. The average Bonchev–Trinajstić information content (AvgIpc) is 2.67. The first-order chi connectivity index (χ1) is 6.81. The van der Waals surface area contributed by atoms with E-state index in [1.807, 2.05) is 30.3 Å². The van der Waals surface area contributed by atoms with Crippen LogP contribution in [0.1, 0.15) is 4.88 Å². The van der Waals surface area contributed by atoms with E-state index in [4.69, 9.17) is 17.3 Å². The molecule has 0 aliphatic carbocycles. The fourth-order valence-electron chi connectivity index (χ4n) is 1.21. The predicted octanol–water partition coefficient (Wildman–Crippen LogP) is 2.92. The molecule has 0 aliphatic heterocycles. The largest absolute Gasteiger partial charge is 0.326 e. The van der Waals surface area contributed by atoms with Gasteiger partial charge in [0.1, 0.15) is 0 Å². The van der Waals surface area contributed by atoms with Gasteiger partial charge >= 0.3 is 0 Å². The number of halogens is 1. The fraction of sp³-hybridized carbons (Fsp3) is 0.100. The summed E-state index contributed by atoms with van der Waals surface area (Å²) in [6.07, 6.45) is 0. The number of hydrogen-bond donors (Lipinski definition) is 1. The highest BCUT2D eigenvalue weighted by Gasteiger charge is 2.06. The van der Waals surface area contributed by atoms with Crippen molar-refractivity contribution in [2.75, 3.05) is 0 Å². The zero-order valence-corrected chi connectivity index (χ0v) is 8.98. The second kappa shape index (κ2) is 4.09. The monoisotopic (exact) mass is 224 g/mol. The highest BCUT2D eigenvalue weighted by Crippen LogP contribution is 2.28. The van der Waals surface area contributed by atoms with Crippen molar-refractivity contribution in [1.82, 2.24) is 4.37 Å². The van der Waals surface area contributed by atoms with Gasteiger partial charge in [-0.2, -0.15) is 4.37 Å². The summed E-state index contributed by atoms with van der Waals surface area (Å²) in [4.78, 5) is 1.07. The van der Waals surface area contributed by atoms with Gasteiger partial charge in [-0.15, -0.1) is 0 Å². The third kappa shape index (κ3) is 1.80.